The van der Waals surface area contributed by atoms with Gasteiger partial charge in [-0.25, -0.2) is 8.42 Å². The van der Waals surface area contributed by atoms with Gasteiger partial charge < -0.3 is 5.32 Å². The minimum atomic E-state index is -3.48. The summed E-state index contributed by atoms with van der Waals surface area (Å²) in [5, 5.41) is 3.23. The van der Waals surface area contributed by atoms with Crippen molar-refractivity contribution in [3.8, 4) is 0 Å². The number of anilines is 2. The van der Waals surface area contributed by atoms with Crippen LogP contribution in [-0.2, 0) is 10.0 Å². The summed E-state index contributed by atoms with van der Waals surface area (Å²) in [6.07, 6.45) is 0. The summed E-state index contributed by atoms with van der Waals surface area (Å²) in [7, 11) is -3.48. The number of nitrogens with one attached hydrogen (secondary N) is 1. The topological polar surface area (TPSA) is 49.4 Å². The lowest BCUT2D eigenvalue weighted by Crippen LogP contribution is -2.38. The van der Waals surface area contributed by atoms with Crippen LogP contribution in [0.4, 0.5) is 11.4 Å². The van der Waals surface area contributed by atoms with Gasteiger partial charge in [0, 0.05) is 16.3 Å². The molecule has 0 radical (unpaired) electrons. The lowest BCUT2D eigenvalue weighted by molar-refractivity contribution is 0.590. The molecule has 0 bridgehead atoms. The van der Waals surface area contributed by atoms with Crippen LogP contribution >= 0.6 is 11.3 Å². The normalized spacial score (nSPS) is 14.8. The minimum Gasteiger partial charge on any atom is -0.382 e. The van der Waals surface area contributed by atoms with E-state index in [1.165, 1.54) is 15.6 Å². The van der Waals surface area contributed by atoms with Gasteiger partial charge in [-0.3, -0.25) is 4.31 Å². The largest absolute Gasteiger partial charge is 0.382 e. The molecule has 0 saturated carbocycles. The van der Waals surface area contributed by atoms with Gasteiger partial charge in [0.1, 0.15) is 4.90 Å². The predicted octanol–water partition coefficient (Wildman–Crippen LogP) is 2.99. The fourth-order valence-corrected chi connectivity index (χ4v) is 5.50. The van der Waals surface area contributed by atoms with E-state index in [0.29, 0.717) is 18.0 Å². The van der Waals surface area contributed by atoms with E-state index in [1.54, 1.807) is 6.07 Å². The number of rotatable bonds is 2. The third kappa shape index (κ3) is 2.09. The second kappa shape index (κ2) is 4.79. The van der Waals surface area contributed by atoms with Crippen molar-refractivity contribution < 1.29 is 8.42 Å². The van der Waals surface area contributed by atoms with Gasteiger partial charge in [-0.15, -0.1) is 11.3 Å². The Balaban J connectivity index is 2.12. The Bertz CT molecular complexity index is 750. The van der Waals surface area contributed by atoms with Crippen LogP contribution in [0, 0.1) is 13.8 Å². The highest BCUT2D eigenvalue weighted by Crippen LogP contribution is 2.35. The molecule has 0 fully saturated rings. The predicted molar refractivity (Wildman–Crippen MR) is 83.3 cm³/mol. The molecule has 2 heterocycles. The molecule has 20 heavy (non-hydrogen) atoms. The Morgan fingerprint density at radius 1 is 1.25 bits per heavy atom. The summed E-state index contributed by atoms with van der Waals surface area (Å²) in [6, 6.07) is 9.28. The van der Waals surface area contributed by atoms with Crippen LogP contribution in [0.5, 0.6) is 0 Å². The Morgan fingerprint density at radius 3 is 2.70 bits per heavy atom. The maximum Gasteiger partial charge on any atom is 0.265 e. The fraction of sp³-hybridized carbons (Fsp3) is 0.286. The third-order valence-electron chi connectivity index (χ3n) is 3.37. The molecular weight excluding hydrogens is 292 g/mol. The number of fused-ring (bicyclic) bond motifs is 1. The highest BCUT2D eigenvalue weighted by atomic mass is 32.2. The number of benzene rings is 1. The second-order valence-corrected chi connectivity index (χ2v) is 8.09. The number of sulfonamides is 1. The molecule has 0 aliphatic carbocycles. The first-order valence-corrected chi connectivity index (χ1v) is 8.68. The number of aryl methyl sites for hydroxylation is 2. The first-order chi connectivity index (χ1) is 9.50. The first-order valence-electron chi connectivity index (χ1n) is 6.43. The van der Waals surface area contributed by atoms with E-state index in [9.17, 15) is 8.42 Å². The zero-order chi connectivity index (χ0) is 14.3. The minimum absolute atomic E-state index is 0.428. The zero-order valence-corrected chi connectivity index (χ0v) is 13.0. The molecule has 0 spiro atoms. The molecule has 6 heteroatoms. The van der Waals surface area contributed by atoms with Crippen molar-refractivity contribution in [1.82, 2.24) is 0 Å². The number of thiophene rings is 1. The van der Waals surface area contributed by atoms with Crippen LogP contribution in [0.25, 0.3) is 0 Å². The van der Waals surface area contributed by atoms with Gasteiger partial charge >= 0.3 is 0 Å². The highest BCUT2D eigenvalue weighted by Gasteiger charge is 2.30. The third-order valence-corrected chi connectivity index (χ3v) is 6.40. The summed E-state index contributed by atoms with van der Waals surface area (Å²) in [5.74, 6) is 0. The molecule has 2 aromatic rings. The van der Waals surface area contributed by atoms with Crippen molar-refractivity contribution >= 4 is 32.7 Å². The van der Waals surface area contributed by atoms with Gasteiger partial charge in [0.15, 0.2) is 0 Å². The lowest BCUT2D eigenvalue weighted by Gasteiger charge is -2.31. The lowest BCUT2D eigenvalue weighted by atomic mass is 10.2. The van der Waals surface area contributed by atoms with E-state index in [1.807, 2.05) is 38.1 Å². The van der Waals surface area contributed by atoms with Gasteiger partial charge in [-0.1, -0.05) is 12.1 Å². The molecule has 0 unspecified atom stereocenters. The highest BCUT2D eigenvalue weighted by molar-refractivity contribution is 7.93. The van der Waals surface area contributed by atoms with Crippen molar-refractivity contribution in [2.75, 3.05) is 22.7 Å². The summed E-state index contributed by atoms with van der Waals surface area (Å²) < 4.78 is 27.3. The van der Waals surface area contributed by atoms with Crippen molar-refractivity contribution in [1.29, 1.82) is 0 Å². The van der Waals surface area contributed by atoms with Crippen LogP contribution in [0.15, 0.2) is 35.2 Å². The maximum absolute atomic E-state index is 12.9. The van der Waals surface area contributed by atoms with Crippen LogP contribution in [-0.4, -0.2) is 21.5 Å². The quantitative estimate of drug-likeness (QED) is 0.928. The molecule has 1 N–H and O–H groups in total. The monoisotopic (exact) mass is 308 g/mol. The number of hydrogen-bond acceptors (Lipinski definition) is 4. The molecule has 1 aromatic heterocycles. The smallest absolute Gasteiger partial charge is 0.265 e. The summed E-state index contributed by atoms with van der Waals surface area (Å²) >= 11 is 1.52. The maximum atomic E-state index is 12.9. The van der Waals surface area contributed by atoms with Gasteiger partial charge in [0.25, 0.3) is 10.0 Å². The second-order valence-electron chi connectivity index (χ2n) is 4.80. The zero-order valence-electron chi connectivity index (χ0n) is 11.4. The van der Waals surface area contributed by atoms with Crippen molar-refractivity contribution in [2.24, 2.45) is 0 Å². The first kappa shape index (κ1) is 13.5. The molecule has 0 atom stereocenters. The van der Waals surface area contributed by atoms with E-state index in [-0.39, 0.29) is 0 Å². The van der Waals surface area contributed by atoms with Gasteiger partial charge in [-0.2, -0.15) is 0 Å². The van der Waals surface area contributed by atoms with E-state index in [4.69, 9.17) is 0 Å². The van der Waals surface area contributed by atoms with Crippen LogP contribution in [0.2, 0.25) is 0 Å². The Labute approximate surface area is 123 Å². The molecule has 106 valence electrons. The average Bonchev–Trinajstić information content (AvgIpc) is 2.78. The van der Waals surface area contributed by atoms with Crippen LogP contribution in [0.1, 0.15) is 9.75 Å². The van der Waals surface area contributed by atoms with Crippen molar-refractivity contribution in [3.05, 3.63) is 40.1 Å². The molecular formula is C14H16N2O2S2. The van der Waals surface area contributed by atoms with Gasteiger partial charge in [0.05, 0.1) is 17.9 Å². The van der Waals surface area contributed by atoms with E-state index in [0.717, 1.165) is 21.1 Å². The molecule has 1 aromatic carbocycles. The molecule has 0 saturated heterocycles. The number of nitrogens with zero attached hydrogens (tertiary/aromatic N) is 1. The van der Waals surface area contributed by atoms with Crippen molar-refractivity contribution in [3.63, 3.8) is 0 Å². The molecule has 1 aliphatic heterocycles. The Morgan fingerprint density at radius 2 is 2.00 bits per heavy atom. The van der Waals surface area contributed by atoms with E-state index < -0.39 is 10.0 Å². The summed E-state index contributed by atoms with van der Waals surface area (Å²) in [5.41, 5.74) is 1.59. The SMILES string of the molecule is Cc1cc(S(=O)(=O)N2CCNc3ccccc32)c(C)s1. The van der Waals surface area contributed by atoms with Gasteiger partial charge in [0.2, 0.25) is 0 Å². The van der Waals surface area contributed by atoms with E-state index in [2.05, 4.69) is 5.32 Å². The number of hydrogen-bond donors (Lipinski definition) is 1. The van der Waals surface area contributed by atoms with Crippen LogP contribution in [0.3, 0.4) is 0 Å². The van der Waals surface area contributed by atoms with Crippen molar-refractivity contribution in [2.45, 2.75) is 18.7 Å². The Hall–Kier alpha value is -1.53. The van der Waals surface area contributed by atoms with E-state index >= 15 is 0 Å². The molecule has 1 aliphatic rings. The fourth-order valence-electron chi connectivity index (χ4n) is 2.49. The summed E-state index contributed by atoms with van der Waals surface area (Å²) in [4.78, 5) is 2.29. The van der Waals surface area contributed by atoms with Crippen LogP contribution < -0.4 is 9.62 Å². The van der Waals surface area contributed by atoms with Gasteiger partial charge in [-0.05, 0) is 32.0 Å². The molecule has 4 nitrogen and oxygen atoms in total. The average molecular weight is 308 g/mol. The Kier molecular flexibility index (Phi) is 3.22. The molecule has 0 amide bonds. The number of para-hydroxylation sites is 2. The summed E-state index contributed by atoms with van der Waals surface area (Å²) in [6.45, 7) is 4.87. The standard InChI is InChI=1S/C14H16N2O2S2/c1-10-9-14(11(2)19-10)20(17,18)16-8-7-15-12-5-3-4-6-13(12)16/h3-6,9,15H,7-8H2,1-2H3. The molecule has 3 rings (SSSR count).